The third kappa shape index (κ3) is 6.54. The molecule has 1 fully saturated rings. The van der Waals surface area contributed by atoms with Crippen molar-refractivity contribution in [2.45, 2.75) is 32.2 Å². The van der Waals surface area contributed by atoms with Gasteiger partial charge in [0.05, 0.1) is 18.8 Å². The number of alkyl halides is 3. The molecule has 29 heavy (non-hydrogen) atoms. The first-order chi connectivity index (χ1) is 13.9. The van der Waals surface area contributed by atoms with E-state index in [0.717, 1.165) is 43.8 Å². The fraction of sp³-hybridized carbons (Fsp3) is 0.429. The summed E-state index contributed by atoms with van der Waals surface area (Å²) < 4.78 is 49.0. The van der Waals surface area contributed by atoms with Crippen molar-refractivity contribution < 1.29 is 27.4 Å². The molecular weight excluding hydrogens is 385 g/mol. The van der Waals surface area contributed by atoms with Crippen molar-refractivity contribution >= 4 is 5.91 Å². The molecule has 1 amide bonds. The predicted octanol–water partition coefficient (Wildman–Crippen LogP) is 3.97. The van der Waals surface area contributed by atoms with Crippen LogP contribution in [-0.4, -0.2) is 30.6 Å². The number of aromatic nitrogens is 1. The van der Waals surface area contributed by atoms with Gasteiger partial charge < -0.3 is 14.8 Å². The molecule has 2 heterocycles. The third-order valence-electron chi connectivity index (χ3n) is 4.74. The summed E-state index contributed by atoms with van der Waals surface area (Å²) in [5.74, 6) is 0.198. The summed E-state index contributed by atoms with van der Waals surface area (Å²) in [7, 11) is 0. The van der Waals surface area contributed by atoms with E-state index in [1.807, 2.05) is 0 Å². The first-order valence-electron chi connectivity index (χ1n) is 9.46. The number of amides is 1. The molecule has 0 unspecified atom stereocenters. The quantitative estimate of drug-likeness (QED) is 0.753. The van der Waals surface area contributed by atoms with Gasteiger partial charge in [-0.3, -0.25) is 9.78 Å². The van der Waals surface area contributed by atoms with Crippen LogP contribution >= 0.6 is 0 Å². The monoisotopic (exact) mass is 408 g/mol. The zero-order valence-electron chi connectivity index (χ0n) is 15.9. The molecule has 0 aliphatic carbocycles. The number of pyridine rings is 1. The zero-order valence-corrected chi connectivity index (χ0v) is 15.9. The fourth-order valence-corrected chi connectivity index (χ4v) is 3.05. The molecule has 3 rings (SSSR count). The first kappa shape index (κ1) is 21.3. The highest BCUT2D eigenvalue weighted by atomic mass is 19.4. The molecule has 8 heteroatoms. The van der Waals surface area contributed by atoms with E-state index in [-0.39, 0.29) is 19.1 Å². The van der Waals surface area contributed by atoms with Crippen LogP contribution < -0.4 is 5.32 Å². The number of hydrogen-bond acceptors (Lipinski definition) is 4. The Morgan fingerprint density at radius 1 is 1.14 bits per heavy atom. The minimum absolute atomic E-state index is 0.0528. The number of benzene rings is 1. The van der Waals surface area contributed by atoms with Gasteiger partial charge in [0.1, 0.15) is 5.69 Å². The highest BCUT2D eigenvalue weighted by Gasteiger charge is 2.30. The predicted molar refractivity (Wildman–Crippen MR) is 100 cm³/mol. The number of nitrogens with zero attached hydrogens (tertiary/aromatic N) is 1. The van der Waals surface area contributed by atoms with Crippen LogP contribution in [0.15, 0.2) is 42.6 Å². The van der Waals surface area contributed by atoms with E-state index in [9.17, 15) is 18.0 Å². The van der Waals surface area contributed by atoms with Gasteiger partial charge in [-0.1, -0.05) is 18.2 Å². The Morgan fingerprint density at radius 3 is 2.59 bits per heavy atom. The van der Waals surface area contributed by atoms with Crippen LogP contribution in [0.25, 0.3) is 0 Å². The van der Waals surface area contributed by atoms with Gasteiger partial charge in [-0.2, -0.15) is 13.2 Å². The number of nitrogens with one attached hydrogen (secondary N) is 1. The second kappa shape index (κ2) is 9.84. The maximum absolute atomic E-state index is 12.7. The van der Waals surface area contributed by atoms with Gasteiger partial charge in [-0.05, 0) is 48.1 Å². The first-order valence-corrected chi connectivity index (χ1v) is 9.46. The van der Waals surface area contributed by atoms with Crippen LogP contribution in [-0.2, 0) is 28.9 Å². The molecule has 0 atom stereocenters. The van der Waals surface area contributed by atoms with Gasteiger partial charge >= 0.3 is 6.18 Å². The minimum atomic E-state index is -4.37. The van der Waals surface area contributed by atoms with Crippen LogP contribution in [0, 0.1) is 5.92 Å². The van der Waals surface area contributed by atoms with E-state index < -0.39 is 11.7 Å². The van der Waals surface area contributed by atoms with E-state index in [1.165, 1.54) is 12.3 Å². The topological polar surface area (TPSA) is 60.5 Å². The van der Waals surface area contributed by atoms with Gasteiger partial charge in [0.2, 0.25) is 0 Å². The number of rotatable bonds is 7. The van der Waals surface area contributed by atoms with Crippen molar-refractivity contribution in [3.63, 3.8) is 0 Å². The summed E-state index contributed by atoms with van der Waals surface area (Å²) in [5, 5.41) is 2.89. The molecule has 1 saturated heterocycles. The molecule has 2 aromatic rings. The molecule has 0 saturated carbocycles. The third-order valence-corrected chi connectivity index (χ3v) is 4.74. The number of ether oxygens (including phenoxy) is 2. The molecule has 0 spiro atoms. The van der Waals surface area contributed by atoms with E-state index in [1.54, 1.807) is 18.2 Å². The number of carbonyl (C=O) groups is 1. The van der Waals surface area contributed by atoms with Gasteiger partial charge in [0, 0.05) is 26.0 Å². The average molecular weight is 408 g/mol. The average Bonchev–Trinajstić information content (AvgIpc) is 2.73. The van der Waals surface area contributed by atoms with Crippen molar-refractivity contribution in [1.29, 1.82) is 0 Å². The molecule has 5 nitrogen and oxygen atoms in total. The Bertz CT molecular complexity index is 804. The van der Waals surface area contributed by atoms with Gasteiger partial charge in [0.25, 0.3) is 5.91 Å². The minimum Gasteiger partial charge on any atom is -0.381 e. The Morgan fingerprint density at radius 2 is 1.90 bits per heavy atom. The summed E-state index contributed by atoms with van der Waals surface area (Å²) in [5.41, 5.74) is 0.796. The molecule has 0 bridgehead atoms. The molecule has 1 N–H and O–H groups in total. The second-order valence-corrected chi connectivity index (χ2v) is 7.01. The summed E-state index contributed by atoms with van der Waals surface area (Å²) >= 11 is 0. The van der Waals surface area contributed by atoms with Crippen molar-refractivity contribution in [2.75, 3.05) is 19.8 Å². The van der Waals surface area contributed by atoms with Gasteiger partial charge in [-0.25, -0.2) is 0 Å². The Labute approximate surface area is 167 Å². The van der Waals surface area contributed by atoms with Crippen LogP contribution in [0.3, 0.4) is 0 Å². The van der Waals surface area contributed by atoms with Crippen molar-refractivity contribution in [3.8, 4) is 0 Å². The highest BCUT2D eigenvalue weighted by molar-refractivity contribution is 5.92. The van der Waals surface area contributed by atoms with E-state index in [2.05, 4.69) is 10.3 Å². The maximum atomic E-state index is 12.7. The van der Waals surface area contributed by atoms with E-state index in [4.69, 9.17) is 9.47 Å². The summed E-state index contributed by atoms with van der Waals surface area (Å²) in [4.78, 5) is 16.3. The lowest BCUT2D eigenvalue weighted by molar-refractivity contribution is -0.137. The molecular formula is C21H23F3N2O3. The molecule has 1 aliphatic heterocycles. The van der Waals surface area contributed by atoms with Crippen LogP contribution in [0.1, 0.15) is 40.0 Å². The summed E-state index contributed by atoms with van der Waals surface area (Å²) in [6, 6.07) is 8.38. The van der Waals surface area contributed by atoms with E-state index >= 15 is 0 Å². The summed E-state index contributed by atoms with van der Waals surface area (Å²) in [6.45, 7) is 2.30. The zero-order chi connectivity index (χ0) is 20.7. The lowest BCUT2D eigenvalue weighted by atomic mass is 10.0. The molecule has 1 aromatic carbocycles. The number of carbonyl (C=O) groups excluding carboxylic acids is 1. The highest BCUT2D eigenvalue weighted by Crippen LogP contribution is 2.29. The Balaban J connectivity index is 1.45. The molecule has 156 valence electrons. The number of hydrogen-bond donors (Lipinski definition) is 1. The fourth-order valence-electron chi connectivity index (χ4n) is 3.05. The standard InChI is InChI=1S/C21H23F3N2O3/c22-21(23,24)18-3-1-2-16(10-18)13-29-14-17-4-5-19(25-12-17)20(27)26-11-15-6-8-28-9-7-15/h1-5,10,12,15H,6-9,11,13-14H2,(H,26,27). The normalized spacial score (nSPS) is 15.3. The van der Waals surface area contributed by atoms with E-state index in [0.29, 0.717) is 23.7 Å². The van der Waals surface area contributed by atoms with Crippen LogP contribution in [0.2, 0.25) is 0 Å². The van der Waals surface area contributed by atoms with Crippen molar-refractivity contribution in [2.24, 2.45) is 5.92 Å². The molecule has 0 radical (unpaired) electrons. The smallest absolute Gasteiger partial charge is 0.381 e. The van der Waals surface area contributed by atoms with Gasteiger partial charge in [-0.15, -0.1) is 0 Å². The Kier molecular flexibility index (Phi) is 7.22. The lowest BCUT2D eigenvalue weighted by Crippen LogP contribution is -2.32. The largest absolute Gasteiger partial charge is 0.416 e. The van der Waals surface area contributed by atoms with Crippen molar-refractivity contribution in [3.05, 3.63) is 65.0 Å². The second-order valence-electron chi connectivity index (χ2n) is 7.01. The van der Waals surface area contributed by atoms with Crippen LogP contribution in [0.4, 0.5) is 13.2 Å². The van der Waals surface area contributed by atoms with Crippen LogP contribution in [0.5, 0.6) is 0 Å². The lowest BCUT2D eigenvalue weighted by Gasteiger charge is -2.22. The summed E-state index contributed by atoms with van der Waals surface area (Å²) in [6.07, 6.45) is -0.956. The SMILES string of the molecule is O=C(NCC1CCOCC1)c1ccc(COCc2cccc(C(F)(F)F)c2)cn1. The number of halogens is 3. The molecule has 1 aromatic heterocycles. The Hall–Kier alpha value is -2.45. The van der Waals surface area contributed by atoms with Gasteiger partial charge in [0.15, 0.2) is 0 Å². The molecule has 1 aliphatic rings. The maximum Gasteiger partial charge on any atom is 0.416 e. The van der Waals surface area contributed by atoms with Crippen molar-refractivity contribution in [1.82, 2.24) is 10.3 Å².